The van der Waals surface area contributed by atoms with Gasteiger partial charge in [0.2, 0.25) is 0 Å². The molecule has 0 bridgehead atoms. The number of methoxy groups -OCH3 is 1. The fourth-order valence-corrected chi connectivity index (χ4v) is 5.09. The number of halogens is 5. The van der Waals surface area contributed by atoms with Crippen LogP contribution in [0.3, 0.4) is 0 Å². The molecule has 1 aliphatic carbocycles. The smallest absolute Gasteiger partial charge is 0.270 e. The summed E-state index contributed by atoms with van der Waals surface area (Å²) in [5.41, 5.74) is 0.231. The summed E-state index contributed by atoms with van der Waals surface area (Å²) in [7, 11) is 1.38. The Morgan fingerprint density at radius 1 is 1.14 bits per heavy atom. The third-order valence-corrected chi connectivity index (χ3v) is 7.50. The van der Waals surface area contributed by atoms with Crippen molar-refractivity contribution in [1.82, 2.24) is 30.0 Å². The van der Waals surface area contributed by atoms with Crippen molar-refractivity contribution < 1.29 is 37.2 Å². The number of aliphatic hydroxyl groups is 2. The zero-order valence-corrected chi connectivity index (χ0v) is 21.0. The van der Waals surface area contributed by atoms with Crippen molar-refractivity contribution in [1.29, 1.82) is 0 Å². The number of ether oxygens (including phenoxy) is 2. The van der Waals surface area contributed by atoms with Crippen molar-refractivity contribution in [2.45, 2.75) is 61.7 Å². The van der Waals surface area contributed by atoms with Gasteiger partial charge in [0, 0.05) is 31.7 Å². The van der Waals surface area contributed by atoms with Crippen molar-refractivity contribution in [3.63, 3.8) is 0 Å². The molecule has 15 heteroatoms. The third kappa shape index (κ3) is 4.67. The Hall–Kier alpha value is -2.46. The zero-order valence-electron chi connectivity index (χ0n) is 19.4. The van der Waals surface area contributed by atoms with Crippen LogP contribution in [0.15, 0.2) is 29.0 Å². The first-order chi connectivity index (χ1) is 17.6. The minimum absolute atomic E-state index is 0.0129. The predicted octanol–water partition coefficient (Wildman–Crippen LogP) is 2.47. The predicted molar refractivity (Wildman–Crippen MR) is 122 cm³/mol. The summed E-state index contributed by atoms with van der Waals surface area (Å²) in [6, 6.07) is 0.658. The summed E-state index contributed by atoms with van der Waals surface area (Å²) < 4.78 is 70.0. The number of alkyl halides is 2. The number of aromatic nitrogens is 6. The number of hydrogen-bond donors (Lipinski definition) is 2. The van der Waals surface area contributed by atoms with Crippen LogP contribution in [0.25, 0.3) is 11.3 Å². The quantitative estimate of drug-likeness (QED) is 0.318. The SMILES string of the molecule is CO[C@@H]1[C@@H](n2cc(-c3ccc(Br)c(F)c3F)nn2)[C@@H](O)[C@@H](CO)O[C@@H]1Cc1cn(C2CCC2(F)F)nn1. The topological polar surface area (TPSA) is 120 Å². The lowest BCUT2D eigenvalue weighted by Crippen LogP contribution is -2.57. The minimum atomic E-state index is -2.85. The van der Waals surface area contributed by atoms with Gasteiger partial charge < -0.3 is 19.7 Å². The number of nitrogens with zero attached hydrogens (tertiary/aromatic N) is 6. The van der Waals surface area contributed by atoms with Crippen molar-refractivity contribution >= 4 is 15.9 Å². The Labute approximate surface area is 216 Å². The first kappa shape index (κ1) is 26.2. The second kappa shape index (κ2) is 10.0. The Kier molecular flexibility index (Phi) is 7.08. The van der Waals surface area contributed by atoms with Gasteiger partial charge in [-0.15, -0.1) is 10.2 Å². The fourth-order valence-electron chi connectivity index (χ4n) is 4.78. The highest BCUT2D eigenvalue weighted by atomic mass is 79.9. The lowest BCUT2D eigenvalue weighted by Gasteiger charge is -2.43. The highest BCUT2D eigenvalue weighted by molar-refractivity contribution is 9.10. The first-order valence-corrected chi connectivity index (χ1v) is 12.2. The molecule has 2 fully saturated rings. The Balaban J connectivity index is 1.42. The van der Waals surface area contributed by atoms with Crippen molar-refractivity contribution in [2.75, 3.05) is 13.7 Å². The van der Waals surface area contributed by atoms with Crippen LogP contribution >= 0.6 is 15.9 Å². The molecule has 1 saturated heterocycles. The summed E-state index contributed by atoms with van der Waals surface area (Å²) >= 11 is 2.92. The van der Waals surface area contributed by atoms with Gasteiger partial charge in [-0.25, -0.2) is 26.9 Å². The monoisotopic (exact) mass is 590 g/mol. The van der Waals surface area contributed by atoms with E-state index in [0.717, 1.165) is 4.68 Å². The van der Waals surface area contributed by atoms with Crippen LogP contribution in [0.2, 0.25) is 0 Å². The van der Waals surface area contributed by atoms with Gasteiger partial charge in [0.05, 0.1) is 29.1 Å². The second-order valence-electron chi connectivity index (χ2n) is 9.09. The maximum atomic E-state index is 14.5. The van der Waals surface area contributed by atoms with Crippen LogP contribution < -0.4 is 0 Å². The molecule has 0 radical (unpaired) electrons. The van der Waals surface area contributed by atoms with E-state index in [1.807, 2.05) is 0 Å². The molecule has 1 aromatic carbocycles. The van der Waals surface area contributed by atoms with E-state index in [1.165, 1.54) is 36.3 Å². The fraction of sp³-hybridized carbons (Fsp3) is 0.545. The van der Waals surface area contributed by atoms with Gasteiger partial charge in [0.1, 0.15) is 36.1 Å². The third-order valence-electron chi connectivity index (χ3n) is 6.89. The van der Waals surface area contributed by atoms with Crippen LogP contribution in [0, 0.1) is 11.6 Å². The molecule has 2 N–H and O–H groups in total. The number of benzene rings is 1. The number of rotatable bonds is 7. The van der Waals surface area contributed by atoms with Gasteiger partial charge >= 0.3 is 0 Å². The second-order valence-corrected chi connectivity index (χ2v) is 9.95. The molecule has 2 aliphatic rings. The number of aliphatic hydroxyl groups excluding tert-OH is 2. The molecule has 0 spiro atoms. The summed E-state index contributed by atoms with van der Waals surface area (Å²) in [4.78, 5) is 0. The van der Waals surface area contributed by atoms with Gasteiger partial charge in [-0.3, -0.25) is 0 Å². The van der Waals surface area contributed by atoms with E-state index in [4.69, 9.17) is 9.47 Å². The van der Waals surface area contributed by atoms with Crippen molar-refractivity contribution in [2.24, 2.45) is 0 Å². The van der Waals surface area contributed by atoms with Crippen LogP contribution in [0.4, 0.5) is 17.6 Å². The van der Waals surface area contributed by atoms with E-state index in [1.54, 1.807) is 0 Å². The minimum Gasteiger partial charge on any atom is -0.394 e. The summed E-state index contributed by atoms with van der Waals surface area (Å²) in [5.74, 6) is -5.05. The van der Waals surface area contributed by atoms with E-state index in [-0.39, 0.29) is 35.0 Å². The molecule has 2 aromatic heterocycles. The van der Waals surface area contributed by atoms with Gasteiger partial charge in [0.15, 0.2) is 11.6 Å². The standard InChI is InChI=1S/C22H23BrF4N6O4/c1-36-21-14(6-10-7-32(30-28-10)16-4-5-22(16,26)27)37-15(9-34)20(35)19(21)33-8-13(29-31-33)11-2-3-12(23)18(25)17(11)24/h2-3,7-8,14-16,19-21,34-35H,4-6,9H2,1H3/t14-,15-,16?,19+,20+,21+/m1/s1. The molecule has 6 atom stereocenters. The molecule has 37 heavy (non-hydrogen) atoms. The first-order valence-electron chi connectivity index (χ1n) is 11.5. The molecule has 1 aliphatic heterocycles. The van der Waals surface area contributed by atoms with Gasteiger partial charge in [-0.2, -0.15) is 0 Å². The molecular weight excluding hydrogens is 568 g/mol. The lowest BCUT2D eigenvalue weighted by atomic mass is 9.88. The van der Waals surface area contributed by atoms with Gasteiger partial charge in [-0.1, -0.05) is 10.4 Å². The highest BCUT2D eigenvalue weighted by Crippen LogP contribution is 2.46. The van der Waals surface area contributed by atoms with Crippen LogP contribution in [-0.4, -0.2) is 84.3 Å². The maximum absolute atomic E-state index is 14.5. The largest absolute Gasteiger partial charge is 0.394 e. The number of hydrogen-bond acceptors (Lipinski definition) is 8. The normalized spacial score (nSPS) is 29.3. The molecule has 200 valence electrons. The van der Waals surface area contributed by atoms with Crippen LogP contribution in [0.5, 0.6) is 0 Å². The molecule has 10 nitrogen and oxygen atoms in total. The summed E-state index contributed by atoms with van der Waals surface area (Å²) in [6.45, 7) is -0.542. The molecule has 1 saturated carbocycles. The lowest BCUT2D eigenvalue weighted by molar-refractivity contribution is -0.212. The van der Waals surface area contributed by atoms with Crippen LogP contribution in [-0.2, 0) is 15.9 Å². The molecule has 1 unspecified atom stereocenters. The Bertz CT molecular complexity index is 1280. The molecule has 3 aromatic rings. The Morgan fingerprint density at radius 2 is 1.89 bits per heavy atom. The highest BCUT2D eigenvalue weighted by Gasteiger charge is 2.51. The van der Waals surface area contributed by atoms with Crippen molar-refractivity contribution in [3.8, 4) is 11.3 Å². The van der Waals surface area contributed by atoms with Crippen molar-refractivity contribution in [3.05, 3.63) is 46.3 Å². The average Bonchev–Trinajstić information content (AvgIpc) is 3.52. The maximum Gasteiger partial charge on any atom is 0.270 e. The van der Waals surface area contributed by atoms with Gasteiger partial charge in [-0.05, 0) is 34.5 Å². The summed E-state index contributed by atoms with van der Waals surface area (Å²) in [6.07, 6.45) is -1.12. The molecule has 0 amide bonds. The van der Waals surface area contributed by atoms with E-state index < -0.39 is 60.7 Å². The van der Waals surface area contributed by atoms with E-state index in [9.17, 15) is 27.8 Å². The van der Waals surface area contributed by atoms with E-state index >= 15 is 0 Å². The Morgan fingerprint density at radius 3 is 2.54 bits per heavy atom. The van der Waals surface area contributed by atoms with E-state index in [2.05, 4.69) is 36.6 Å². The molecular formula is C22H23BrF4N6O4. The zero-order chi connectivity index (χ0) is 26.5. The molecule has 5 rings (SSSR count). The van der Waals surface area contributed by atoms with E-state index in [0.29, 0.717) is 5.69 Å². The summed E-state index contributed by atoms with van der Waals surface area (Å²) in [5, 5.41) is 36.5. The average molecular weight is 591 g/mol. The van der Waals surface area contributed by atoms with Crippen LogP contribution in [0.1, 0.15) is 30.6 Å². The van der Waals surface area contributed by atoms with Gasteiger partial charge in [0.25, 0.3) is 5.92 Å². The molecule has 3 heterocycles.